The van der Waals surface area contributed by atoms with Gasteiger partial charge >= 0.3 is 0 Å². The van der Waals surface area contributed by atoms with E-state index in [-0.39, 0.29) is 11.1 Å². The number of pyridine rings is 1. The highest BCUT2D eigenvalue weighted by Crippen LogP contribution is 2.15. The van der Waals surface area contributed by atoms with Gasteiger partial charge in [0.1, 0.15) is 11.6 Å². The summed E-state index contributed by atoms with van der Waals surface area (Å²) in [5.41, 5.74) is 3.37. The van der Waals surface area contributed by atoms with E-state index in [0.29, 0.717) is 0 Å². The van der Waals surface area contributed by atoms with Crippen LogP contribution in [0.5, 0.6) is 0 Å². The molecule has 3 nitrogen and oxygen atoms in total. The van der Waals surface area contributed by atoms with Crippen LogP contribution in [0.15, 0.2) is 35.1 Å². The molecule has 0 aliphatic rings. The fourth-order valence-electron chi connectivity index (χ4n) is 2.14. The quantitative estimate of drug-likeness (QED) is 0.766. The summed E-state index contributed by atoms with van der Waals surface area (Å²) in [5.74, 6) is 0. The molecule has 0 fully saturated rings. The Morgan fingerprint density at radius 2 is 1.78 bits per heavy atom. The maximum absolute atomic E-state index is 12.3. The highest BCUT2D eigenvalue weighted by Gasteiger charge is 2.12. The van der Waals surface area contributed by atoms with Crippen molar-refractivity contribution in [1.29, 1.82) is 5.26 Å². The SMILES string of the molecule is Cc1ccccc1-n1c(C)cc(C)c(C#N)c1=O. The van der Waals surface area contributed by atoms with Gasteiger partial charge in [-0.2, -0.15) is 5.26 Å². The number of nitrogens with zero attached hydrogens (tertiary/aromatic N) is 2. The van der Waals surface area contributed by atoms with Crippen LogP contribution >= 0.6 is 0 Å². The van der Waals surface area contributed by atoms with Crippen molar-refractivity contribution >= 4 is 0 Å². The third-order valence-electron chi connectivity index (χ3n) is 3.06. The van der Waals surface area contributed by atoms with E-state index >= 15 is 0 Å². The van der Waals surface area contributed by atoms with E-state index in [0.717, 1.165) is 22.5 Å². The second-order valence-electron chi connectivity index (χ2n) is 4.38. The summed E-state index contributed by atoms with van der Waals surface area (Å²) in [7, 11) is 0. The molecule has 0 radical (unpaired) electrons. The van der Waals surface area contributed by atoms with E-state index in [9.17, 15) is 4.79 Å². The van der Waals surface area contributed by atoms with Gasteiger partial charge in [-0.15, -0.1) is 0 Å². The van der Waals surface area contributed by atoms with Crippen LogP contribution in [0.2, 0.25) is 0 Å². The fourth-order valence-corrected chi connectivity index (χ4v) is 2.14. The summed E-state index contributed by atoms with van der Waals surface area (Å²) in [6.45, 7) is 5.62. The number of para-hydroxylation sites is 1. The Balaban J connectivity index is 2.86. The first-order valence-corrected chi connectivity index (χ1v) is 5.75. The molecule has 18 heavy (non-hydrogen) atoms. The molecule has 0 aliphatic carbocycles. The lowest BCUT2D eigenvalue weighted by Crippen LogP contribution is -2.24. The Kier molecular flexibility index (Phi) is 3.03. The van der Waals surface area contributed by atoms with E-state index in [1.807, 2.05) is 50.2 Å². The average molecular weight is 238 g/mol. The van der Waals surface area contributed by atoms with Crippen LogP contribution in [0.4, 0.5) is 0 Å². The smallest absolute Gasteiger partial charge is 0.273 e. The van der Waals surface area contributed by atoms with Crippen LogP contribution in [0.25, 0.3) is 5.69 Å². The maximum Gasteiger partial charge on any atom is 0.273 e. The van der Waals surface area contributed by atoms with Crippen LogP contribution in [-0.2, 0) is 0 Å². The van der Waals surface area contributed by atoms with Crippen molar-refractivity contribution in [3.8, 4) is 11.8 Å². The van der Waals surface area contributed by atoms with Crippen molar-refractivity contribution < 1.29 is 0 Å². The van der Waals surface area contributed by atoms with Gasteiger partial charge in [-0.25, -0.2) is 0 Å². The second-order valence-corrected chi connectivity index (χ2v) is 4.38. The highest BCUT2D eigenvalue weighted by atomic mass is 16.1. The standard InChI is InChI=1S/C15H14N2O/c1-10-6-4-5-7-14(10)17-12(3)8-11(2)13(9-16)15(17)18/h4-8H,1-3H3. The fraction of sp³-hybridized carbons (Fsp3) is 0.200. The molecule has 1 aromatic carbocycles. The number of hydrogen-bond acceptors (Lipinski definition) is 2. The number of aryl methyl sites for hydroxylation is 3. The molecule has 0 aliphatic heterocycles. The average Bonchev–Trinajstić information content (AvgIpc) is 2.31. The van der Waals surface area contributed by atoms with E-state index in [4.69, 9.17) is 5.26 Å². The molecule has 90 valence electrons. The minimum Gasteiger partial charge on any atom is -0.280 e. The third kappa shape index (κ3) is 1.82. The summed E-state index contributed by atoms with van der Waals surface area (Å²) in [6.07, 6.45) is 0. The van der Waals surface area contributed by atoms with Crippen LogP contribution < -0.4 is 5.56 Å². The van der Waals surface area contributed by atoms with E-state index in [1.54, 1.807) is 11.5 Å². The molecule has 0 spiro atoms. The predicted octanol–water partition coefficient (Wildman–Crippen LogP) is 2.63. The normalized spacial score (nSPS) is 10.1. The zero-order chi connectivity index (χ0) is 13.3. The zero-order valence-corrected chi connectivity index (χ0v) is 10.7. The van der Waals surface area contributed by atoms with Gasteiger partial charge in [-0.1, -0.05) is 18.2 Å². The molecule has 0 saturated heterocycles. The number of benzene rings is 1. The molecule has 0 amide bonds. The number of aromatic nitrogens is 1. The second kappa shape index (κ2) is 4.50. The van der Waals surface area contributed by atoms with Gasteiger partial charge in [-0.05, 0) is 44.0 Å². The molecule has 1 aromatic heterocycles. The van der Waals surface area contributed by atoms with Gasteiger partial charge in [0, 0.05) is 5.69 Å². The monoisotopic (exact) mass is 238 g/mol. The molecular weight excluding hydrogens is 224 g/mol. The van der Waals surface area contributed by atoms with Crippen LogP contribution in [0.1, 0.15) is 22.4 Å². The van der Waals surface area contributed by atoms with E-state index < -0.39 is 0 Å². The molecule has 2 rings (SSSR count). The Bertz CT molecular complexity index is 705. The van der Waals surface area contributed by atoms with Crippen molar-refractivity contribution in [2.75, 3.05) is 0 Å². The first kappa shape index (κ1) is 12.1. The number of rotatable bonds is 1. The number of nitriles is 1. The van der Waals surface area contributed by atoms with Gasteiger partial charge in [-0.3, -0.25) is 9.36 Å². The Morgan fingerprint density at radius 3 is 2.39 bits per heavy atom. The minimum absolute atomic E-state index is 0.212. The molecule has 1 heterocycles. The van der Waals surface area contributed by atoms with E-state index in [1.165, 1.54) is 0 Å². The lowest BCUT2D eigenvalue weighted by molar-refractivity contribution is 0.912. The lowest BCUT2D eigenvalue weighted by Gasteiger charge is -2.14. The zero-order valence-electron chi connectivity index (χ0n) is 10.7. The molecular formula is C15H14N2O. The molecule has 3 heteroatoms. The summed E-state index contributed by atoms with van der Waals surface area (Å²) in [4.78, 5) is 12.3. The first-order chi connectivity index (χ1) is 8.56. The molecule has 0 bridgehead atoms. The van der Waals surface area contributed by atoms with Gasteiger partial charge in [0.25, 0.3) is 5.56 Å². The van der Waals surface area contributed by atoms with Gasteiger partial charge in [0.2, 0.25) is 0 Å². The van der Waals surface area contributed by atoms with Crippen LogP contribution in [0.3, 0.4) is 0 Å². The maximum atomic E-state index is 12.3. The van der Waals surface area contributed by atoms with Crippen molar-refractivity contribution in [2.45, 2.75) is 20.8 Å². The Hall–Kier alpha value is -2.34. The third-order valence-corrected chi connectivity index (χ3v) is 3.06. The summed E-state index contributed by atoms with van der Waals surface area (Å²) in [6, 6.07) is 11.5. The summed E-state index contributed by atoms with van der Waals surface area (Å²) < 4.78 is 1.60. The highest BCUT2D eigenvalue weighted by molar-refractivity contribution is 5.45. The number of hydrogen-bond donors (Lipinski definition) is 0. The van der Waals surface area contributed by atoms with Gasteiger partial charge in [0.15, 0.2) is 0 Å². The van der Waals surface area contributed by atoms with E-state index in [2.05, 4.69) is 0 Å². The molecule has 0 saturated carbocycles. The van der Waals surface area contributed by atoms with Gasteiger partial charge < -0.3 is 0 Å². The lowest BCUT2D eigenvalue weighted by atomic mass is 10.1. The van der Waals surface area contributed by atoms with Crippen LogP contribution in [-0.4, -0.2) is 4.57 Å². The topological polar surface area (TPSA) is 45.8 Å². The largest absolute Gasteiger partial charge is 0.280 e. The van der Waals surface area contributed by atoms with Crippen LogP contribution in [0, 0.1) is 32.1 Å². The summed E-state index contributed by atoms with van der Waals surface area (Å²) in [5, 5.41) is 9.07. The van der Waals surface area contributed by atoms with Crippen molar-refractivity contribution in [3.63, 3.8) is 0 Å². The molecule has 2 aromatic rings. The predicted molar refractivity (Wildman–Crippen MR) is 71.0 cm³/mol. The van der Waals surface area contributed by atoms with Gasteiger partial charge in [0.05, 0.1) is 5.69 Å². The minimum atomic E-state index is -0.246. The molecule has 0 unspecified atom stereocenters. The van der Waals surface area contributed by atoms with Crippen molar-refractivity contribution in [1.82, 2.24) is 4.57 Å². The Labute approximate surface area is 106 Å². The van der Waals surface area contributed by atoms with Crippen molar-refractivity contribution in [2.24, 2.45) is 0 Å². The van der Waals surface area contributed by atoms with Crippen molar-refractivity contribution in [3.05, 3.63) is 63.1 Å². The summed E-state index contributed by atoms with van der Waals surface area (Å²) >= 11 is 0. The Morgan fingerprint density at radius 1 is 1.11 bits per heavy atom. The molecule has 0 atom stereocenters. The first-order valence-electron chi connectivity index (χ1n) is 5.75. The molecule has 0 N–H and O–H groups in total.